The molecular weight excluding hydrogens is 481 g/mol. The summed E-state index contributed by atoms with van der Waals surface area (Å²) in [5.41, 5.74) is 0.694. The van der Waals surface area contributed by atoms with Crippen LogP contribution in [0.4, 0.5) is 13.2 Å². The third kappa shape index (κ3) is 5.70. The molecule has 0 bridgehead atoms. The standard InChI is InChI=1S/C26H32ClF3N2O3/c1-15-18(25(35)31-21-7-3-5-9-24(21)34)13-22(32(15)14-16-6-2-4-8-23(16)33)19-12-17(26(28,29)30)10-11-20(19)27/h10-13,16,21,23-24,33-34H,2-9,14H2,1H3,(H,31,35)/t16?,21-,23?,24-/m1/s1. The Kier molecular flexibility index (Phi) is 7.83. The number of nitrogens with zero attached hydrogens (tertiary/aromatic N) is 1. The van der Waals surface area contributed by atoms with Gasteiger partial charge < -0.3 is 20.1 Å². The molecule has 2 aliphatic carbocycles. The molecule has 1 aromatic heterocycles. The van der Waals surface area contributed by atoms with Crippen LogP contribution in [-0.4, -0.2) is 38.9 Å². The van der Waals surface area contributed by atoms with E-state index < -0.39 is 23.9 Å². The van der Waals surface area contributed by atoms with Gasteiger partial charge in [-0.05, 0) is 56.9 Å². The minimum absolute atomic E-state index is 0.0748. The molecular formula is C26H32ClF3N2O3. The number of carbonyl (C=O) groups is 1. The van der Waals surface area contributed by atoms with Crippen LogP contribution in [0.1, 0.15) is 73.0 Å². The Morgan fingerprint density at radius 1 is 1.06 bits per heavy atom. The lowest BCUT2D eigenvalue weighted by Crippen LogP contribution is -2.45. The first-order valence-corrected chi connectivity index (χ1v) is 12.7. The van der Waals surface area contributed by atoms with E-state index in [1.54, 1.807) is 13.0 Å². The number of alkyl halides is 3. The predicted octanol–water partition coefficient (Wildman–Crippen LogP) is 5.72. The number of aliphatic hydroxyl groups excluding tert-OH is 2. The maximum Gasteiger partial charge on any atom is 0.416 e. The fraction of sp³-hybridized carbons (Fsp3) is 0.577. The number of rotatable bonds is 5. The highest BCUT2D eigenvalue weighted by atomic mass is 35.5. The van der Waals surface area contributed by atoms with Gasteiger partial charge in [0.2, 0.25) is 0 Å². The van der Waals surface area contributed by atoms with Crippen LogP contribution < -0.4 is 5.32 Å². The van der Waals surface area contributed by atoms with Crippen molar-refractivity contribution in [3.63, 3.8) is 0 Å². The van der Waals surface area contributed by atoms with E-state index in [-0.39, 0.29) is 28.5 Å². The zero-order valence-corrected chi connectivity index (χ0v) is 20.5. The molecule has 4 rings (SSSR count). The molecule has 0 radical (unpaired) electrons. The summed E-state index contributed by atoms with van der Waals surface area (Å²) in [6.07, 6.45) is 0.820. The number of benzene rings is 1. The fourth-order valence-electron chi connectivity index (χ4n) is 5.39. The Balaban J connectivity index is 1.75. The molecule has 9 heteroatoms. The van der Waals surface area contributed by atoms with E-state index in [1.165, 1.54) is 6.07 Å². The number of aliphatic hydroxyl groups is 2. The molecule has 0 aliphatic heterocycles. The minimum atomic E-state index is -4.54. The van der Waals surface area contributed by atoms with E-state index in [2.05, 4.69) is 5.32 Å². The number of hydrogen-bond acceptors (Lipinski definition) is 3. The summed E-state index contributed by atoms with van der Waals surface area (Å²) in [5.74, 6) is -0.449. The van der Waals surface area contributed by atoms with Crippen molar-refractivity contribution < 1.29 is 28.2 Å². The lowest BCUT2D eigenvalue weighted by atomic mass is 9.86. The van der Waals surface area contributed by atoms with Crippen molar-refractivity contribution in [2.45, 2.75) is 89.3 Å². The SMILES string of the molecule is Cc1c(C(=O)N[C@@H]2CCCC[C@H]2O)cc(-c2cc(C(F)(F)F)ccc2Cl)n1CC1CCCCC1O. The summed E-state index contributed by atoms with van der Waals surface area (Å²) >= 11 is 6.38. The second-order valence-electron chi connectivity index (χ2n) is 9.88. The molecule has 192 valence electrons. The van der Waals surface area contributed by atoms with Crippen molar-refractivity contribution in [1.82, 2.24) is 9.88 Å². The second kappa shape index (κ2) is 10.5. The molecule has 2 saturated carbocycles. The fourth-order valence-corrected chi connectivity index (χ4v) is 5.61. The number of hydrogen-bond donors (Lipinski definition) is 3. The quantitative estimate of drug-likeness (QED) is 0.479. The largest absolute Gasteiger partial charge is 0.416 e. The van der Waals surface area contributed by atoms with Crippen LogP contribution in [0.5, 0.6) is 0 Å². The number of nitrogens with one attached hydrogen (secondary N) is 1. The van der Waals surface area contributed by atoms with Crippen molar-refractivity contribution in [3.05, 3.63) is 46.1 Å². The summed E-state index contributed by atoms with van der Waals surface area (Å²) in [6, 6.07) is 4.39. The molecule has 4 atom stereocenters. The van der Waals surface area contributed by atoms with E-state index in [1.807, 2.05) is 4.57 Å². The van der Waals surface area contributed by atoms with Crippen LogP contribution in [-0.2, 0) is 12.7 Å². The third-order valence-electron chi connectivity index (χ3n) is 7.51. The molecule has 0 spiro atoms. The van der Waals surface area contributed by atoms with Crippen LogP contribution in [0, 0.1) is 12.8 Å². The third-order valence-corrected chi connectivity index (χ3v) is 7.84. The van der Waals surface area contributed by atoms with Crippen LogP contribution in [0.2, 0.25) is 5.02 Å². The van der Waals surface area contributed by atoms with Gasteiger partial charge in [0.1, 0.15) is 0 Å². The van der Waals surface area contributed by atoms with Crippen molar-refractivity contribution in [3.8, 4) is 11.3 Å². The maximum atomic E-state index is 13.5. The van der Waals surface area contributed by atoms with Gasteiger partial charge in [-0.15, -0.1) is 0 Å². The van der Waals surface area contributed by atoms with E-state index in [0.717, 1.165) is 44.2 Å². The van der Waals surface area contributed by atoms with Crippen molar-refractivity contribution >= 4 is 17.5 Å². The molecule has 2 fully saturated rings. The van der Waals surface area contributed by atoms with Gasteiger partial charge in [0.05, 0.1) is 35.1 Å². The van der Waals surface area contributed by atoms with E-state index in [4.69, 9.17) is 11.6 Å². The van der Waals surface area contributed by atoms with Crippen LogP contribution in [0.3, 0.4) is 0 Å². The van der Waals surface area contributed by atoms with Crippen LogP contribution in [0.15, 0.2) is 24.3 Å². The lowest BCUT2D eigenvalue weighted by Gasteiger charge is -2.29. The first kappa shape index (κ1) is 26.0. The molecule has 2 aliphatic rings. The molecule has 5 nitrogen and oxygen atoms in total. The number of aromatic nitrogens is 1. The van der Waals surface area contributed by atoms with E-state index in [0.29, 0.717) is 42.8 Å². The van der Waals surface area contributed by atoms with Crippen molar-refractivity contribution in [1.29, 1.82) is 0 Å². The average Bonchev–Trinajstić information content (AvgIpc) is 3.12. The van der Waals surface area contributed by atoms with Gasteiger partial charge in [0.25, 0.3) is 5.91 Å². The summed E-state index contributed by atoms with van der Waals surface area (Å²) in [6.45, 7) is 2.13. The zero-order valence-electron chi connectivity index (χ0n) is 19.7. The average molecular weight is 513 g/mol. The number of carbonyl (C=O) groups excluding carboxylic acids is 1. The van der Waals surface area contributed by atoms with Crippen LogP contribution >= 0.6 is 11.6 Å². The second-order valence-corrected chi connectivity index (χ2v) is 10.3. The summed E-state index contributed by atoms with van der Waals surface area (Å²) in [7, 11) is 0. The first-order chi connectivity index (χ1) is 16.6. The molecule has 2 aromatic rings. The normalized spacial score (nSPS) is 25.5. The van der Waals surface area contributed by atoms with Gasteiger partial charge in [0, 0.05) is 28.7 Å². The Bertz CT molecular complexity index is 1070. The van der Waals surface area contributed by atoms with E-state index in [9.17, 15) is 28.2 Å². The highest BCUT2D eigenvalue weighted by Gasteiger charge is 2.33. The monoisotopic (exact) mass is 512 g/mol. The van der Waals surface area contributed by atoms with Gasteiger partial charge in [-0.1, -0.05) is 37.3 Å². The maximum absolute atomic E-state index is 13.5. The molecule has 0 saturated heterocycles. The van der Waals surface area contributed by atoms with Gasteiger partial charge in [0.15, 0.2) is 0 Å². The van der Waals surface area contributed by atoms with Gasteiger partial charge in [-0.2, -0.15) is 13.2 Å². The number of halogens is 4. The molecule has 2 unspecified atom stereocenters. The van der Waals surface area contributed by atoms with Gasteiger partial charge >= 0.3 is 6.18 Å². The molecule has 1 amide bonds. The van der Waals surface area contributed by atoms with Crippen molar-refractivity contribution in [2.75, 3.05) is 0 Å². The molecule has 1 aromatic carbocycles. The zero-order chi connectivity index (χ0) is 25.3. The highest BCUT2D eigenvalue weighted by molar-refractivity contribution is 6.33. The Morgan fingerprint density at radius 3 is 2.37 bits per heavy atom. The molecule has 35 heavy (non-hydrogen) atoms. The minimum Gasteiger partial charge on any atom is -0.393 e. The Morgan fingerprint density at radius 2 is 1.71 bits per heavy atom. The smallest absolute Gasteiger partial charge is 0.393 e. The first-order valence-electron chi connectivity index (χ1n) is 12.3. The Labute approximate surface area is 208 Å². The highest BCUT2D eigenvalue weighted by Crippen LogP contribution is 2.38. The van der Waals surface area contributed by atoms with E-state index >= 15 is 0 Å². The van der Waals surface area contributed by atoms with Crippen LogP contribution in [0.25, 0.3) is 11.3 Å². The summed E-state index contributed by atoms with van der Waals surface area (Å²) in [5, 5.41) is 23.9. The summed E-state index contributed by atoms with van der Waals surface area (Å²) in [4.78, 5) is 13.2. The van der Waals surface area contributed by atoms with Gasteiger partial charge in [-0.25, -0.2) is 0 Å². The molecule has 3 N–H and O–H groups in total. The predicted molar refractivity (Wildman–Crippen MR) is 128 cm³/mol. The summed E-state index contributed by atoms with van der Waals surface area (Å²) < 4.78 is 42.2. The van der Waals surface area contributed by atoms with Gasteiger partial charge in [-0.3, -0.25) is 4.79 Å². The lowest BCUT2D eigenvalue weighted by molar-refractivity contribution is -0.137. The Hall–Kier alpha value is -2.03. The topological polar surface area (TPSA) is 74.5 Å². The molecule has 1 heterocycles. The number of amides is 1. The van der Waals surface area contributed by atoms with Crippen molar-refractivity contribution in [2.24, 2.45) is 5.92 Å².